The van der Waals surface area contributed by atoms with Crippen LogP contribution in [0, 0.1) is 0 Å². The Morgan fingerprint density at radius 1 is 1.27 bits per heavy atom. The van der Waals surface area contributed by atoms with Crippen molar-refractivity contribution in [2.45, 2.75) is 6.42 Å². The molecule has 0 saturated carbocycles. The van der Waals surface area contributed by atoms with Gasteiger partial charge in [0.2, 0.25) is 0 Å². The summed E-state index contributed by atoms with van der Waals surface area (Å²) < 4.78 is 10.7. The van der Waals surface area contributed by atoms with Crippen LogP contribution in [0.5, 0.6) is 5.75 Å². The van der Waals surface area contributed by atoms with Crippen molar-refractivity contribution in [1.29, 1.82) is 0 Å². The van der Waals surface area contributed by atoms with E-state index in [1.165, 1.54) is 0 Å². The van der Waals surface area contributed by atoms with Crippen LogP contribution in [0.4, 0.5) is 0 Å². The molecule has 124 valence electrons. The minimum Gasteiger partial charge on any atom is -0.484 e. The summed E-state index contributed by atoms with van der Waals surface area (Å²) in [5.74, 6) is 0.537. The molecule has 1 heterocycles. The molecule has 1 N–H and O–H groups in total. The van der Waals surface area contributed by atoms with Crippen molar-refractivity contribution >= 4 is 29.9 Å². The Hall–Kier alpha value is -1.01. The molecule has 7 heteroatoms. The first kappa shape index (κ1) is 19.0. The second kappa shape index (κ2) is 10.7. The summed E-state index contributed by atoms with van der Waals surface area (Å²) >= 11 is 5.78. The maximum absolute atomic E-state index is 11.6. The van der Waals surface area contributed by atoms with E-state index in [0.717, 1.165) is 39.3 Å². The quantitative estimate of drug-likeness (QED) is 0.765. The number of hydrogen-bond acceptors (Lipinski definition) is 4. The zero-order chi connectivity index (χ0) is 14.9. The van der Waals surface area contributed by atoms with Crippen molar-refractivity contribution in [3.8, 4) is 5.75 Å². The van der Waals surface area contributed by atoms with E-state index in [9.17, 15) is 4.79 Å². The van der Waals surface area contributed by atoms with Gasteiger partial charge in [-0.2, -0.15) is 0 Å². The Bertz CT molecular complexity index is 437. The van der Waals surface area contributed by atoms with E-state index in [2.05, 4.69) is 10.2 Å². The van der Waals surface area contributed by atoms with E-state index < -0.39 is 0 Å². The van der Waals surface area contributed by atoms with Crippen molar-refractivity contribution in [3.05, 3.63) is 29.3 Å². The van der Waals surface area contributed by atoms with E-state index in [4.69, 9.17) is 21.1 Å². The fraction of sp³-hybridized carbons (Fsp3) is 0.533. The largest absolute Gasteiger partial charge is 0.484 e. The van der Waals surface area contributed by atoms with E-state index in [-0.39, 0.29) is 24.9 Å². The highest BCUT2D eigenvalue weighted by Crippen LogP contribution is 2.15. The number of ether oxygens (including phenoxy) is 2. The van der Waals surface area contributed by atoms with Crippen molar-refractivity contribution < 1.29 is 14.3 Å². The molecule has 0 aromatic heterocycles. The molecule has 0 unspecified atom stereocenters. The molecule has 2 rings (SSSR count). The minimum absolute atomic E-state index is 0. The third kappa shape index (κ3) is 7.31. The lowest BCUT2D eigenvalue weighted by molar-refractivity contribution is -0.123. The van der Waals surface area contributed by atoms with Crippen molar-refractivity contribution in [2.75, 3.05) is 46.0 Å². The van der Waals surface area contributed by atoms with Crippen molar-refractivity contribution in [3.63, 3.8) is 0 Å². The molecule has 0 atom stereocenters. The molecule has 0 spiro atoms. The summed E-state index contributed by atoms with van der Waals surface area (Å²) in [4.78, 5) is 14.0. The maximum Gasteiger partial charge on any atom is 0.257 e. The number of carbonyl (C=O) groups excluding carboxylic acids is 1. The van der Waals surface area contributed by atoms with Crippen LogP contribution in [-0.4, -0.2) is 56.8 Å². The highest BCUT2D eigenvalue weighted by atomic mass is 35.5. The third-order valence-corrected chi connectivity index (χ3v) is 3.51. The lowest BCUT2D eigenvalue weighted by Gasteiger charge is -2.26. The molecule has 0 bridgehead atoms. The number of nitrogens with zero attached hydrogens (tertiary/aromatic N) is 1. The summed E-state index contributed by atoms with van der Waals surface area (Å²) in [6.45, 7) is 5.25. The fourth-order valence-corrected chi connectivity index (χ4v) is 2.21. The van der Waals surface area contributed by atoms with Crippen molar-refractivity contribution in [1.82, 2.24) is 10.2 Å². The van der Waals surface area contributed by atoms with E-state index in [1.54, 1.807) is 24.3 Å². The SMILES string of the molecule is Cl.O=C(COc1ccc(Cl)cc1)NCCCN1CCOCC1. The van der Waals surface area contributed by atoms with Gasteiger partial charge in [0.15, 0.2) is 6.61 Å². The second-order valence-corrected chi connectivity index (χ2v) is 5.34. The summed E-state index contributed by atoms with van der Waals surface area (Å²) in [6.07, 6.45) is 0.937. The van der Waals surface area contributed by atoms with Gasteiger partial charge in [0.25, 0.3) is 5.91 Å². The van der Waals surface area contributed by atoms with Crippen LogP contribution in [-0.2, 0) is 9.53 Å². The van der Waals surface area contributed by atoms with E-state index >= 15 is 0 Å². The zero-order valence-electron chi connectivity index (χ0n) is 12.4. The predicted molar refractivity (Wildman–Crippen MR) is 89.1 cm³/mol. The van der Waals surface area contributed by atoms with Crippen LogP contribution in [0.2, 0.25) is 5.02 Å². The number of carbonyl (C=O) groups is 1. The first-order valence-corrected chi connectivity index (χ1v) is 7.57. The van der Waals surface area contributed by atoms with Crippen LogP contribution < -0.4 is 10.1 Å². The zero-order valence-corrected chi connectivity index (χ0v) is 14.0. The minimum atomic E-state index is -0.105. The van der Waals surface area contributed by atoms with Gasteiger partial charge in [0.1, 0.15) is 5.75 Å². The summed E-state index contributed by atoms with van der Waals surface area (Å²) in [5, 5.41) is 3.50. The molecule has 22 heavy (non-hydrogen) atoms. The van der Waals surface area contributed by atoms with Crippen LogP contribution >= 0.6 is 24.0 Å². The molecule has 1 aliphatic rings. The van der Waals surface area contributed by atoms with Gasteiger partial charge in [0, 0.05) is 24.7 Å². The smallest absolute Gasteiger partial charge is 0.257 e. The van der Waals surface area contributed by atoms with Gasteiger partial charge in [-0.05, 0) is 37.2 Å². The molecule has 1 fully saturated rings. The molecule has 1 amide bonds. The normalized spacial score (nSPS) is 15.0. The lowest BCUT2D eigenvalue weighted by Crippen LogP contribution is -2.38. The summed E-state index contributed by atoms with van der Waals surface area (Å²) in [7, 11) is 0. The van der Waals surface area contributed by atoms with Gasteiger partial charge >= 0.3 is 0 Å². The number of morpholine rings is 1. The molecule has 0 aliphatic carbocycles. The van der Waals surface area contributed by atoms with Crippen LogP contribution in [0.15, 0.2) is 24.3 Å². The van der Waals surface area contributed by atoms with Crippen LogP contribution in [0.3, 0.4) is 0 Å². The molecular formula is C15H22Cl2N2O3. The highest BCUT2D eigenvalue weighted by Gasteiger charge is 2.09. The first-order valence-electron chi connectivity index (χ1n) is 7.19. The number of halogens is 2. The molecule has 1 aliphatic heterocycles. The molecule has 1 saturated heterocycles. The molecular weight excluding hydrogens is 327 g/mol. The predicted octanol–water partition coefficient (Wildman–Crippen LogP) is 1.98. The number of amides is 1. The van der Waals surface area contributed by atoms with Gasteiger partial charge < -0.3 is 14.8 Å². The maximum atomic E-state index is 11.6. The van der Waals surface area contributed by atoms with Gasteiger partial charge in [-0.1, -0.05) is 11.6 Å². The summed E-state index contributed by atoms with van der Waals surface area (Å²) in [5.41, 5.74) is 0. The van der Waals surface area contributed by atoms with Crippen molar-refractivity contribution in [2.24, 2.45) is 0 Å². The Morgan fingerprint density at radius 2 is 1.95 bits per heavy atom. The lowest BCUT2D eigenvalue weighted by atomic mass is 10.3. The molecule has 1 aromatic carbocycles. The number of hydrogen-bond donors (Lipinski definition) is 1. The Kier molecular flexibility index (Phi) is 9.24. The van der Waals surface area contributed by atoms with E-state index in [1.807, 2.05) is 0 Å². The van der Waals surface area contributed by atoms with Crippen LogP contribution in [0.25, 0.3) is 0 Å². The van der Waals surface area contributed by atoms with Gasteiger partial charge in [-0.25, -0.2) is 0 Å². The highest BCUT2D eigenvalue weighted by molar-refractivity contribution is 6.30. The van der Waals surface area contributed by atoms with Crippen LogP contribution in [0.1, 0.15) is 6.42 Å². The monoisotopic (exact) mass is 348 g/mol. The number of rotatable bonds is 7. The standard InChI is InChI=1S/C15H21ClN2O3.ClH/c16-13-2-4-14(5-3-13)21-12-15(19)17-6-1-7-18-8-10-20-11-9-18;/h2-5H,1,6-12H2,(H,17,19);1H. The topological polar surface area (TPSA) is 50.8 Å². The molecule has 1 aromatic rings. The average molecular weight is 349 g/mol. The Balaban J connectivity index is 0.00000242. The third-order valence-electron chi connectivity index (χ3n) is 3.26. The number of benzene rings is 1. The Morgan fingerprint density at radius 3 is 2.64 bits per heavy atom. The summed E-state index contributed by atoms with van der Waals surface area (Å²) in [6, 6.07) is 6.95. The van der Waals surface area contributed by atoms with Gasteiger partial charge in [0.05, 0.1) is 13.2 Å². The second-order valence-electron chi connectivity index (χ2n) is 4.90. The van der Waals surface area contributed by atoms with Gasteiger partial charge in [-0.3, -0.25) is 9.69 Å². The Labute approximate surface area is 142 Å². The van der Waals surface area contributed by atoms with Gasteiger partial charge in [-0.15, -0.1) is 12.4 Å². The van der Waals surface area contributed by atoms with E-state index in [0.29, 0.717) is 17.3 Å². The number of nitrogens with one attached hydrogen (secondary N) is 1. The fourth-order valence-electron chi connectivity index (χ4n) is 2.09. The molecule has 5 nitrogen and oxygen atoms in total. The average Bonchev–Trinajstić information content (AvgIpc) is 2.52. The molecule has 0 radical (unpaired) electrons. The first-order chi connectivity index (χ1) is 10.2.